The second-order valence-electron chi connectivity index (χ2n) is 3.93. The van der Waals surface area contributed by atoms with Gasteiger partial charge in [0.05, 0.1) is 0 Å². The van der Waals surface area contributed by atoms with E-state index >= 15 is 0 Å². The topological polar surface area (TPSA) is 67.4 Å². The molecule has 1 aromatic rings. The number of rotatable bonds is 2. The van der Waals surface area contributed by atoms with Gasteiger partial charge < -0.3 is 19.6 Å². The van der Waals surface area contributed by atoms with Crippen LogP contribution >= 0.6 is 0 Å². The highest BCUT2D eigenvalue weighted by molar-refractivity contribution is 5.47. The van der Waals surface area contributed by atoms with Crippen LogP contribution in [0, 0.1) is 0 Å². The van der Waals surface area contributed by atoms with Crippen LogP contribution in [-0.4, -0.2) is 28.0 Å². The Bertz CT molecular complexity index is 516. The predicted octanol–water partition coefficient (Wildman–Crippen LogP) is 1.20. The van der Waals surface area contributed by atoms with Crippen molar-refractivity contribution in [1.29, 1.82) is 0 Å². The third-order valence-electron chi connectivity index (χ3n) is 2.82. The number of imidazole rings is 1. The number of hydrogen-bond acceptors (Lipinski definition) is 4. The lowest BCUT2D eigenvalue weighted by molar-refractivity contribution is -0.109. The SMILES string of the molecule is COC1(O)C=CC2=CC(c3ncc[nH]3)OC2=C1. The Hall–Kier alpha value is -1.85. The van der Waals surface area contributed by atoms with Crippen molar-refractivity contribution < 1.29 is 14.6 Å². The van der Waals surface area contributed by atoms with Gasteiger partial charge >= 0.3 is 0 Å². The van der Waals surface area contributed by atoms with Gasteiger partial charge in [-0.3, -0.25) is 0 Å². The Balaban J connectivity index is 1.91. The molecule has 0 saturated heterocycles. The van der Waals surface area contributed by atoms with E-state index in [-0.39, 0.29) is 6.10 Å². The van der Waals surface area contributed by atoms with Crippen LogP contribution in [0.2, 0.25) is 0 Å². The third-order valence-corrected chi connectivity index (χ3v) is 2.82. The highest BCUT2D eigenvalue weighted by atomic mass is 16.6. The van der Waals surface area contributed by atoms with Crippen molar-refractivity contribution in [2.24, 2.45) is 0 Å². The number of hydrogen-bond donors (Lipinski definition) is 2. The van der Waals surface area contributed by atoms with Crippen LogP contribution in [-0.2, 0) is 9.47 Å². The number of allylic oxidation sites excluding steroid dienone is 1. The molecule has 88 valence electrons. The van der Waals surface area contributed by atoms with Gasteiger partial charge in [-0.25, -0.2) is 4.98 Å². The number of fused-ring (bicyclic) bond motifs is 1. The van der Waals surface area contributed by atoms with Crippen molar-refractivity contribution in [3.8, 4) is 0 Å². The van der Waals surface area contributed by atoms with Gasteiger partial charge in [-0.2, -0.15) is 0 Å². The zero-order valence-corrected chi connectivity index (χ0v) is 9.25. The zero-order chi connectivity index (χ0) is 11.9. The van der Waals surface area contributed by atoms with Gasteiger partial charge in [0.1, 0.15) is 5.76 Å². The van der Waals surface area contributed by atoms with Gasteiger partial charge in [-0.15, -0.1) is 0 Å². The fourth-order valence-electron chi connectivity index (χ4n) is 1.88. The number of ether oxygens (including phenoxy) is 2. The summed E-state index contributed by atoms with van der Waals surface area (Å²) in [5, 5.41) is 9.93. The van der Waals surface area contributed by atoms with Crippen LogP contribution in [0.3, 0.4) is 0 Å². The van der Waals surface area contributed by atoms with Gasteiger partial charge in [-0.05, 0) is 18.2 Å². The van der Waals surface area contributed by atoms with Crippen molar-refractivity contribution >= 4 is 0 Å². The Morgan fingerprint density at radius 1 is 1.59 bits per heavy atom. The molecule has 0 bridgehead atoms. The monoisotopic (exact) mass is 232 g/mol. The minimum Gasteiger partial charge on any atom is -0.478 e. The molecule has 5 heteroatoms. The van der Waals surface area contributed by atoms with E-state index in [4.69, 9.17) is 9.47 Å². The van der Waals surface area contributed by atoms with Crippen molar-refractivity contribution in [3.63, 3.8) is 0 Å². The molecule has 0 aromatic carbocycles. The summed E-state index contributed by atoms with van der Waals surface area (Å²) in [7, 11) is 1.44. The first kappa shape index (κ1) is 10.3. The van der Waals surface area contributed by atoms with Crippen LogP contribution in [0.5, 0.6) is 0 Å². The van der Waals surface area contributed by atoms with E-state index in [2.05, 4.69) is 9.97 Å². The summed E-state index contributed by atoms with van der Waals surface area (Å²) in [5.74, 6) is -0.0366. The number of methoxy groups -OCH3 is 1. The minimum atomic E-state index is -1.38. The maximum absolute atomic E-state index is 9.93. The van der Waals surface area contributed by atoms with E-state index in [1.165, 1.54) is 7.11 Å². The molecule has 2 atom stereocenters. The molecule has 2 heterocycles. The highest BCUT2D eigenvalue weighted by Crippen LogP contribution is 2.37. The molecule has 0 spiro atoms. The first-order valence-corrected chi connectivity index (χ1v) is 5.28. The molecule has 1 aliphatic carbocycles. The summed E-state index contributed by atoms with van der Waals surface area (Å²) >= 11 is 0. The molecule has 0 saturated carbocycles. The maximum atomic E-state index is 9.93. The molecule has 2 N–H and O–H groups in total. The van der Waals surface area contributed by atoms with Gasteiger partial charge in [0.25, 0.3) is 0 Å². The summed E-state index contributed by atoms with van der Waals surface area (Å²) in [4.78, 5) is 7.14. The molecular formula is C12H12N2O3. The lowest BCUT2D eigenvalue weighted by atomic mass is 10.0. The molecule has 0 fully saturated rings. The molecular weight excluding hydrogens is 220 g/mol. The predicted molar refractivity (Wildman–Crippen MR) is 59.7 cm³/mol. The molecule has 1 aromatic heterocycles. The van der Waals surface area contributed by atoms with E-state index in [1.807, 2.05) is 6.08 Å². The van der Waals surface area contributed by atoms with Crippen molar-refractivity contribution in [3.05, 3.63) is 53.9 Å². The summed E-state index contributed by atoms with van der Waals surface area (Å²) in [6, 6.07) is 0. The number of nitrogens with zero attached hydrogens (tertiary/aromatic N) is 1. The van der Waals surface area contributed by atoms with Gasteiger partial charge in [0, 0.05) is 31.2 Å². The first-order chi connectivity index (χ1) is 8.20. The van der Waals surface area contributed by atoms with E-state index < -0.39 is 5.79 Å². The molecule has 1 aliphatic heterocycles. The van der Waals surface area contributed by atoms with E-state index in [0.717, 1.165) is 11.4 Å². The Kier molecular flexibility index (Phi) is 2.17. The number of nitrogens with one attached hydrogen (secondary N) is 1. The van der Waals surface area contributed by atoms with Crippen molar-refractivity contribution in [1.82, 2.24) is 9.97 Å². The molecule has 2 unspecified atom stereocenters. The standard InChI is InChI=1S/C12H12N2O3/c1-16-12(15)3-2-8-6-9(17-10(8)7-12)11-13-4-5-14-11/h2-7,9,15H,1H3,(H,13,14). The van der Waals surface area contributed by atoms with Crippen molar-refractivity contribution in [2.75, 3.05) is 7.11 Å². The molecule has 0 radical (unpaired) electrons. The maximum Gasteiger partial charge on any atom is 0.209 e. The largest absolute Gasteiger partial charge is 0.478 e. The number of aliphatic hydroxyl groups is 1. The summed E-state index contributed by atoms with van der Waals surface area (Å²) in [5.41, 5.74) is 0.924. The second kappa shape index (κ2) is 3.58. The fourth-order valence-corrected chi connectivity index (χ4v) is 1.88. The van der Waals surface area contributed by atoms with Gasteiger partial charge in [0.15, 0.2) is 11.9 Å². The van der Waals surface area contributed by atoms with Crippen LogP contribution in [0.4, 0.5) is 0 Å². The van der Waals surface area contributed by atoms with Crippen LogP contribution in [0.15, 0.2) is 48.0 Å². The zero-order valence-electron chi connectivity index (χ0n) is 9.25. The molecule has 0 amide bonds. The lowest BCUT2D eigenvalue weighted by Crippen LogP contribution is -2.27. The quantitative estimate of drug-likeness (QED) is 0.752. The van der Waals surface area contributed by atoms with Crippen molar-refractivity contribution in [2.45, 2.75) is 11.9 Å². The van der Waals surface area contributed by atoms with Gasteiger partial charge in [-0.1, -0.05) is 0 Å². The fraction of sp³-hybridized carbons (Fsp3) is 0.250. The first-order valence-electron chi connectivity index (χ1n) is 5.28. The average molecular weight is 232 g/mol. The van der Waals surface area contributed by atoms with Crippen LogP contribution in [0.25, 0.3) is 0 Å². The minimum absolute atomic E-state index is 0.241. The second-order valence-corrected chi connectivity index (χ2v) is 3.93. The summed E-state index contributed by atoms with van der Waals surface area (Å²) in [6.07, 6.45) is 10.0. The number of aromatic nitrogens is 2. The summed E-state index contributed by atoms with van der Waals surface area (Å²) < 4.78 is 10.7. The smallest absolute Gasteiger partial charge is 0.209 e. The van der Waals surface area contributed by atoms with Crippen LogP contribution in [0.1, 0.15) is 11.9 Å². The Labute approximate surface area is 98.1 Å². The van der Waals surface area contributed by atoms with Crippen LogP contribution < -0.4 is 0 Å². The van der Waals surface area contributed by atoms with E-state index in [9.17, 15) is 5.11 Å². The number of H-pyrrole nitrogens is 1. The molecule has 3 rings (SSSR count). The van der Waals surface area contributed by atoms with Gasteiger partial charge in [0.2, 0.25) is 5.79 Å². The Morgan fingerprint density at radius 3 is 3.18 bits per heavy atom. The highest BCUT2D eigenvalue weighted by Gasteiger charge is 2.32. The number of aromatic amines is 1. The molecule has 5 nitrogen and oxygen atoms in total. The molecule has 17 heavy (non-hydrogen) atoms. The normalized spacial score (nSPS) is 30.6. The molecule has 2 aliphatic rings. The third kappa shape index (κ3) is 1.69. The van der Waals surface area contributed by atoms with E-state index in [1.54, 1.807) is 30.6 Å². The Morgan fingerprint density at radius 2 is 2.47 bits per heavy atom. The summed E-state index contributed by atoms with van der Waals surface area (Å²) in [6.45, 7) is 0. The average Bonchev–Trinajstić information content (AvgIpc) is 2.96. The lowest BCUT2D eigenvalue weighted by Gasteiger charge is -2.22. The van der Waals surface area contributed by atoms with E-state index in [0.29, 0.717) is 5.76 Å².